The fraction of sp³-hybridized carbons (Fsp3) is 0.515. The number of carbonyl (C=O) groups excluding carboxylic acids is 1. The third-order valence-electron chi connectivity index (χ3n) is 8.85. The second-order valence-electron chi connectivity index (χ2n) is 13.1. The lowest BCUT2D eigenvalue weighted by Crippen LogP contribution is -2.56. The molecule has 11 heteroatoms. The number of piperidine rings is 1. The SMILES string of the molecule is CC(C)(C)OC(=O)Nc1cccc(-c2cnc(N3C4CCN(c5ccc(C(F)(F)F)cc5)CC4CNC4CCCCC43)o2)c1. The average Bonchev–Trinajstić information content (AvgIpc) is 3.39. The van der Waals surface area contributed by atoms with Crippen LogP contribution in [0.5, 0.6) is 0 Å². The van der Waals surface area contributed by atoms with Crippen LogP contribution in [0.2, 0.25) is 0 Å². The number of carbonyl (C=O) groups is 1. The van der Waals surface area contributed by atoms with E-state index >= 15 is 0 Å². The highest BCUT2D eigenvalue weighted by Crippen LogP contribution is 2.39. The van der Waals surface area contributed by atoms with Gasteiger partial charge in [0.2, 0.25) is 0 Å². The summed E-state index contributed by atoms with van der Waals surface area (Å²) in [6.45, 7) is 7.73. The molecule has 0 bridgehead atoms. The quantitative estimate of drug-likeness (QED) is 0.320. The Kier molecular flexibility index (Phi) is 8.26. The van der Waals surface area contributed by atoms with Crippen molar-refractivity contribution in [2.75, 3.05) is 34.8 Å². The molecule has 236 valence electrons. The van der Waals surface area contributed by atoms with E-state index in [2.05, 4.69) is 20.4 Å². The zero-order chi connectivity index (χ0) is 31.1. The van der Waals surface area contributed by atoms with Gasteiger partial charge in [-0.3, -0.25) is 5.32 Å². The Morgan fingerprint density at radius 2 is 1.82 bits per heavy atom. The number of nitrogens with zero attached hydrogens (tertiary/aromatic N) is 3. The van der Waals surface area contributed by atoms with Gasteiger partial charge in [0.25, 0.3) is 6.01 Å². The number of fused-ring (bicyclic) bond motifs is 2. The molecule has 2 N–H and O–H groups in total. The van der Waals surface area contributed by atoms with Gasteiger partial charge in [-0.2, -0.15) is 13.2 Å². The normalized spacial score (nSPS) is 24.2. The summed E-state index contributed by atoms with van der Waals surface area (Å²) in [6.07, 6.45) is 2.13. The monoisotopic (exact) mass is 611 g/mol. The summed E-state index contributed by atoms with van der Waals surface area (Å²) in [7, 11) is 0. The van der Waals surface area contributed by atoms with E-state index in [1.165, 1.54) is 18.6 Å². The van der Waals surface area contributed by atoms with Crippen molar-refractivity contribution in [1.29, 1.82) is 0 Å². The molecule has 6 rings (SSSR count). The number of amides is 1. The molecule has 3 aromatic rings. The Bertz CT molecular complexity index is 1450. The molecule has 44 heavy (non-hydrogen) atoms. The first-order valence-electron chi connectivity index (χ1n) is 15.4. The average molecular weight is 612 g/mol. The lowest BCUT2D eigenvalue weighted by atomic mass is 9.87. The standard InChI is InChI=1S/C33H40F3N5O3/c1-32(2,3)44-31(42)39-24-8-6-7-21(17-24)29-19-38-30(43-29)41-27-15-16-40(25-13-11-23(12-14-25)33(34,35)36)20-22(27)18-37-26-9-4-5-10-28(26)41/h6-8,11-14,17,19,22,26-28,37H,4-5,9-10,15-16,18,20H2,1-3H3,(H,39,42). The fourth-order valence-electron chi connectivity index (χ4n) is 6.89. The first-order chi connectivity index (χ1) is 20.9. The fourth-order valence-corrected chi connectivity index (χ4v) is 6.89. The van der Waals surface area contributed by atoms with Crippen LogP contribution in [-0.4, -0.2) is 54.4 Å². The van der Waals surface area contributed by atoms with Gasteiger partial charge in [-0.15, -0.1) is 0 Å². The van der Waals surface area contributed by atoms with Crippen molar-refractivity contribution in [2.45, 2.75) is 82.8 Å². The molecule has 1 aliphatic carbocycles. The van der Waals surface area contributed by atoms with Gasteiger partial charge in [0.1, 0.15) is 5.60 Å². The minimum Gasteiger partial charge on any atom is -0.444 e. The molecule has 8 nitrogen and oxygen atoms in total. The summed E-state index contributed by atoms with van der Waals surface area (Å²) >= 11 is 0. The van der Waals surface area contributed by atoms with Crippen LogP contribution in [0.25, 0.3) is 11.3 Å². The van der Waals surface area contributed by atoms with Crippen molar-refractivity contribution >= 4 is 23.5 Å². The molecule has 4 atom stereocenters. The second-order valence-corrected chi connectivity index (χ2v) is 13.1. The third-order valence-corrected chi connectivity index (χ3v) is 8.85. The van der Waals surface area contributed by atoms with E-state index in [1.54, 1.807) is 24.4 Å². The lowest BCUT2D eigenvalue weighted by Gasteiger charge is -2.46. The number of hydrogen-bond donors (Lipinski definition) is 2. The zero-order valence-corrected chi connectivity index (χ0v) is 25.4. The number of rotatable bonds is 4. The molecule has 0 spiro atoms. The summed E-state index contributed by atoms with van der Waals surface area (Å²) in [5.74, 6) is 0.837. The Hall–Kier alpha value is -3.73. The predicted octanol–water partition coefficient (Wildman–Crippen LogP) is 7.32. The van der Waals surface area contributed by atoms with Crippen LogP contribution in [0.1, 0.15) is 58.4 Å². The molecule has 1 saturated carbocycles. The molecule has 2 saturated heterocycles. The summed E-state index contributed by atoms with van der Waals surface area (Å²) in [6, 6.07) is 14.2. The van der Waals surface area contributed by atoms with E-state index in [-0.39, 0.29) is 18.0 Å². The maximum atomic E-state index is 13.1. The van der Waals surface area contributed by atoms with Crippen molar-refractivity contribution in [3.8, 4) is 11.3 Å². The van der Waals surface area contributed by atoms with Gasteiger partial charge in [0.05, 0.1) is 11.8 Å². The van der Waals surface area contributed by atoms with Gasteiger partial charge >= 0.3 is 12.3 Å². The Morgan fingerprint density at radius 1 is 1.05 bits per heavy atom. The van der Waals surface area contributed by atoms with Crippen LogP contribution < -0.4 is 20.4 Å². The van der Waals surface area contributed by atoms with Gasteiger partial charge in [-0.05, 0) is 76.4 Å². The van der Waals surface area contributed by atoms with Gasteiger partial charge in [-0.1, -0.05) is 25.0 Å². The van der Waals surface area contributed by atoms with E-state index in [1.807, 2.05) is 39.0 Å². The van der Waals surface area contributed by atoms with E-state index in [0.717, 1.165) is 56.6 Å². The molecular weight excluding hydrogens is 571 g/mol. The summed E-state index contributed by atoms with van der Waals surface area (Å²) in [5.41, 5.74) is 0.957. The van der Waals surface area contributed by atoms with Crippen LogP contribution in [0, 0.1) is 5.92 Å². The van der Waals surface area contributed by atoms with Crippen molar-refractivity contribution in [2.24, 2.45) is 5.92 Å². The number of anilines is 3. The minimum atomic E-state index is -4.35. The number of nitrogens with one attached hydrogen (secondary N) is 2. The smallest absolute Gasteiger partial charge is 0.416 e. The molecular formula is C33H40F3N5O3. The number of hydrogen-bond acceptors (Lipinski definition) is 7. The molecule has 2 aliphatic heterocycles. The van der Waals surface area contributed by atoms with E-state index < -0.39 is 23.4 Å². The van der Waals surface area contributed by atoms with Gasteiger partial charge in [0, 0.05) is 60.6 Å². The minimum absolute atomic E-state index is 0.174. The van der Waals surface area contributed by atoms with Crippen molar-refractivity contribution in [3.63, 3.8) is 0 Å². The van der Waals surface area contributed by atoms with Gasteiger partial charge in [-0.25, -0.2) is 9.78 Å². The lowest BCUT2D eigenvalue weighted by molar-refractivity contribution is -0.137. The predicted molar refractivity (Wildman–Crippen MR) is 164 cm³/mol. The Morgan fingerprint density at radius 3 is 2.57 bits per heavy atom. The molecule has 1 amide bonds. The number of ether oxygens (including phenoxy) is 1. The highest BCUT2D eigenvalue weighted by Gasteiger charge is 2.44. The van der Waals surface area contributed by atoms with Crippen LogP contribution in [0.15, 0.2) is 59.1 Å². The number of alkyl halides is 3. The summed E-state index contributed by atoms with van der Waals surface area (Å²) in [4.78, 5) is 21.7. The van der Waals surface area contributed by atoms with Gasteiger partial charge < -0.3 is 24.3 Å². The molecule has 4 unspecified atom stereocenters. The molecule has 2 aromatic carbocycles. The highest BCUT2D eigenvalue weighted by molar-refractivity contribution is 5.86. The number of oxazole rings is 1. The molecule has 0 radical (unpaired) electrons. The van der Waals surface area contributed by atoms with E-state index in [9.17, 15) is 18.0 Å². The number of halogens is 3. The number of aromatic nitrogens is 1. The van der Waals surface area contributed by atoms with Gasteiger partial charge in [0.15, 0.2) is 5.76 Å². The van der Waals surface area contributed by atoms with Crippen molar-refractivity contribution in [3.05, 3.63) is 60.3 Å². The Balaban J connectivity index is 1.23. The maximum Gasteiger partial charge on any atom is 0.416 e. The highest BCUT2D eigenvalue weighted by atomic mass is 19.4. The van der Waals surface area contributed by atoms with Crippen LogP contribution >= 0.6 is 0 Å². The largest absolute Gasteiger partial charge is 0.444 e. The first-order valence-corrected chi connectivity index (χ1v) is 15.4. The zero-order valence-electron chi connectivity index (χ0n) is 25.4. The molecule has 3 heterocycles. The van der Waals surface area contributed by atoms with Crippen LogP contribution in [-0.2, 0) is 10.9 Å². The maximum absolute atomic E-state index is 13.1. The van der Waals surface area contributed by atoms with E-state index in [0.29, 0.717) is 23.5 Å². The topological polar surface area (TPSA) is 82.9 Å². The van der Waals surface area contributed by atoms with Crippen molar-refractivity contribution in [1.82, 2.24) is 10.3 Å². The number of benzene rings is 2. The second kappa shape index (κ2) is 12.0. The summed E-state index contributed by atoms with van der Waals surface area (Å²) in [5, 5.41) is 6.61. The van der Waals surface area contributed by atoms with Crippen LogP contribution in [0.3, 0.4) is 0 Å². The molecule has 1 aromatic heterocycles. The van der Waals surface area contributed by atoms with Crippen molar-refractivity contribution < 1.29 is 27.1 Å². The third kappa shape index (κ3) is 6.67. The molecule has 3 aliphatic rings. The Labute approximate surface area is 256 Å². The first kappa shape index (κ1) is 30.3. The summed E-state index contributed by atoms with van der Waals surface area (Å²) < 4.78 is 51.3. The molecule has 3 fully saturated rings. The van der Waals surface area contributed by atoms with E-state index in [4.69, 9.17) is 14.1 Å². The van der Waals surface area contributed by atoms with Crippen LogP contribution in [0.4, 0.5) is 35.4 Å².